The van der Waals surface area contributed by atoms with Crippen molar-refractivity contribution in [2.45, 2.75) is 19.9 Å². The molecule has 1 aromatic heterocycles. The number of anilines is 1. The molecule has 0 spiro atoms. The number of thioether (sulfide) groups is 1. The molecule has 1 unspecified atom stereocenters. The molecule has 1 fully saturated rings. The van der Waals surface area contributed by atoms with E-state index in [4.69, 9.17) is 5.11 Å². The van der Waals surface area contributed by atoms with Crippen LogP contribution in [0.15, 0.2) is 6.20 Å². The Morgan fingerprint density at radius 2 is 2.41 bits per heavy atom. The van der Waals surface area contributed by atoms with E-state index in [1.165, 1.54) is 6.20 Å². The highest BCUT2D eigenvalue weighted by molar-refractivity contribution is 7.99. The Bertz CT molecular complexity index is 439. The Hall–Kier alpha value is -1.30. The van der Waals surface area contributed by atoms with Crippen LogP contribution >= 0.6 is 11.8 Å². The largest absolute Gasteiger partial charge is 0.478 e. The lowest BCUT2D eigenvalue weighted by Crippen LogP contribution is -2.41. The lowest BCUT2D eigenvalue weighted by Gasteiger charge is -2.33. The molecule has 1 aliphatic heterocycles. The SMILES string of the molecule is Cc1nc(N2CCSCC2C)ncc1C(=O)O. The molecule has 1 aromatic rings. The predicted octanol–water partition coefficient (Wildman–Crippen LogP) is 1.42. The molecule has 1 aliphatic rings. The van der Waals surface area contributed by atoms with Crippen LogP contribution in [0.3, 0.4) is 0 Å². The molecule has 0 aromatic carbocycles. The first-order valence-electron chi connectivity index (χ1n) is 5.51. The van der Waals surface area contributed by atoms with Crippen molar-refractivity contribution < 1.29 is 9.90 Å². The Balaban J connectivity index is 2.27. The van der Waals surface area contributed by atoms with Gasteiger partial charge in [-0.05, 0) is 13.8 Å². The number of hydrogen-bond acceptors (Lipinski definition) is 5. The maximum atomic E-state index is 10.9. The number of carboxylic acid groups (broad SMARTS) is 1. The normalized spacial score (nSPS) is 20.4. The number of nitrogens with zero attached hydrogens (tertiary/aromatic N) is 3. The van der Waals surface area contributed by atoms with Crippen LogP contribution in [0.1, 0.15) is 23.0 Å². The van der Waals surface area contributed by atoms with Gasteiger partial charge in [0.15, 0.2) is 0 Å². The van der Waals surface area contributed by atoms with Gasteiger partial charge in [-0.2, -0.15) is 11.8 Å². The van der Waals surface area contributed by atoms with Gasteiger partial charge < -0.3 is 10.0 Å². The highest BCUT2D eigenvalue weighted by atomic mass is 32.2. The monoisotopic (exact) mass is 253 g/mol. The topological polar surface area (TPSA) is 66.3 Å². The van der Waals surface area contributed by atoms with Crippen LogP contribution in [0.5, 0.6) is 0 Å². The minimum absolute atomic E-state index is 0.174. The van der Waals surface area contributed by atoms with Gasteiger partial charge in [0.05, 0.1) is 11.3 Å². The van der Waals surface area contributed by atoms with Crippen molar-refractivity contribution in [3.05, 3.63) is 17.5 Å². The Kier molecular flexibility index (Phi) is 3.51. The molecule has 6 heteroatoms. The summed E-state index contributed by atoms with van der Waals surface area (Å²) in [6.07, 6.45) is 1.40. The maximum absolute atomic E-state index is 10.9. The van der Waals surface area contributed by atoms with Gasteiger partial charge in [0.2, 0.25) is 5.95 Å². The van der Waals surface area contributed by atoms with Gasteiger partial charge in [0.1, 0.15) is 0 Å². The molecular weight excluding hydrogens is 238 g/mol. The average molecular weight is 253 g/mol. The van der Waals surface area contributed by atoms with Gasteiger partial charge in [0, 0.05) is 30.3 Å². The summed E-state index contributed by atoms with van der Waals surface area (Å²) in [6.45, 7) is 4.76. The number of carbonyl (C=O) groups is 1. The fourth-order valence-electron chi connectivity index (χ4n) is 1.83. The fraction of sp³-hybridized carbons (Fsp3) is 0.545. The van der Waals surface area contributed by atoms with Gasteiger partial charge in [-0.1, -0.05) is 0 Å². The molecule has 5 nitrogen and oxygen atoms in total. The first-order chi connectivity index (χ1) is 8.09. The molecule has 1 atom stereocenters. The Morgan fingerprint density at radius 3 is 3.00 bits per heavy atom. The summed E-state index contributed by atoms with van der Waals surface area (Å²) < 4.78 is 0. The van der Waals surface area contributed by atoms with E-state index < -0.39 is 5.97 Å². The summed E-state index contributed by atoms with van der Waals surface area (Å²) in [6, 6.07) is 0.392. The van der Waals surface area contributed by atoms with E-state index in [-0.39, 0.29) is 5.56 Å². The van der Waals surface area contributed by atoms with Crippen LogP contribution in [-0.4, -0.2) is 45.1 Å². The van der Waals surface area contributed by atoms with Crippen LogP contribution < -0.4 is 4.90 Å². The third-order valence-corrected chi connectivity index (χ3v) is 4.01. The van der Waals surface area contributed by atoms with Gasteiger partial charge in [-0.25, -0.2) is 14.8 Å². The lowest BCUT2D eigenvalue weighted by atomic mass is 10.2. The second kappa shape index (κ2) is 4.91. The number of aromatic nitrogens is 2. The summed E-state index contributed by atoms with van der Waals surface area (Å²) in [5.74, 6) is 1.79. The van der Waals surface area contributed by atoms with Crippen LogP contribution in [0.25, 0.3) is 0 Å². The van der Waals surface area contributed by atoms with E-state index in [9.17, 15) is 4.79 Å². The van der Waals surface area contributed by atoms with Crippen LogP contribution in [0.2, 0.25) is 0 Å². The Labute approximate surface area is 104 Å². The van der Waals surface area contributed by atoms with E-state index in [2.05, 4.69) is 21.8 Å². The maximum Gasteiger partial charge on any atom is 0.339 e. The average Bonchev–Trinajstić information content (AvgIpc) is 2.29. The van der Waals surface area contributed by atoms with Crippen molar-refractivity contribution in [3.63, 3.8) is 0 Å². The second-order valence-corrected chi connectivity index (χ2v) is 5.24. The van der Waals surface area contributed by atoms with Crippen molar-refractivity contribution in [2.24, 2.45) is 0 Å². The molecule has 0 radical (unpaired) electrons. The molecule has 0 aliphatic carbocycles. The zero-order chi connectivity index (χ0) is 12.4. The van der Waals surface area contributed by atoms with Gasteiger partial charge in [0.25, 0.3) is 0 Å². The van der Waals surface area contributed by atoms with Crippen LogP contribution in [0, 0.1) is 6.92 Å². The first-order valence-corrected chi connectivity index (χ1v) is 6.66. The minimum Gasteiger partial charge on any atom is -0.478 e. The zero-order valence-electron chi connectivity index (χ0n) is 9.88. The van der Waals surface area contributed by atoms with Crippen LogP contribution in [0.4, 0.5) is 5.95 Å². The number of aryl methyl sites for hydroxylation is 1. The van der Waals surface area contributed by atoms with E-state index >= 15 is 0 Å². The summed E-state index contributed by atoms with van der Waals surface area (Å²) in [7, 11) is 0. The smallest absolute Gasteiger partial charge is 0.339 e. The summed E-state index contributed by atoms with van der Waals surface area (Å²) in [4.78, 5) is 21.5. The van der Waals surface area contributed by atoms with Crippen molar-refractivity contribution in [1.82, 2.24) is 9.97 Å². The molecule has 0 saturated carbocycles. The summed E-state index contributed by atoms with van der Waals surface area (Å²) >= 11 is 1.92. The summed E-state index contributed by atoms with van der Waals surface area (Å²) in [5, 5.41) is 8.92. The lowest BCUT2D eigenvalue weighted by molar-refractivity contribution is 0.0695. The molecule has 1 N–H and O–H groups in total. The first kappa shape index (κ1) is 12.2. The third-order valence-electron chi connectivity index (χ3n) is 2.82. The highest BCUT2D eigenvalue weighted by Gasteiger charge is 2.22. The highest BCUT2D eigenvalue weighted by Crippen LogP contribution is 2.21. The molecule has 2 heterocycles. The molecule has 17 heavy (non-hydrogen) atoms. The number of carboxylic acids is 1. The molecular formula is C11H15N3O2S. The number of aromatic carboxylic acids is 1. The van der Waals surface area contributed by atoms with E-state index in [0.29, 0.717) is 17.7 Å². The van der Waals surface area contributed by atoms with Crippen molar-refractivity contribution in [3.8, 4) is 0 Å². The number of rotatable bonds is 2. The zero-order valence-corrected chi connectivity index (χ0v) is 10.7. The Morgan fingerprint density at radius 1 is 1.65 bits per heavy atom. The van der Waals surface area contributed by atoms with Crippen molar-refractivity contribution in [1.29, 1.82) is 0 Å². The molecule has 0 amide bonds. The standard InChI is InChI=1S/C11H15N3O2S/c1-7-6-17-4-3-14(7)11-12-5-9(10(15)16)8(2)13-11/h5,7H,3-4,6H2,1-2H3,(H,15,16). The minimum atomic E-state index is -0.976. The van der Waals surface area contributed by atoms with Gasteiger partial charge >= 0.3 is 5.97 Å². The summed E-state index contributed by atoms with van der Waals surface area (Å²) in [5.41, 5.74) is 0.695. The van der Waals surface area contributed by atoms with E-state index in [1.807, 2.05) is 11.8 Å². The molecule has 92 valence electrons. The van der Waals surface area contributed by atoms with E-state index in [1.54, 1.807) is 6.92 Å². The molecule has 1 saturated heterocycles. The molecule has 0 bridgehead atoms. The fourth-order valence-corrected chi connectivity index (χ4v) is 2.84. The second-order valence-electron chi connectivity index (χ2n) is 4.09. The van der Waals surface area contributed by atoms with Gasteiger partial charge in [-0.15, -0.1) is 0 Å². The van der Waals surface area contributed by atoms with Gasteiger partial charge in [-0.3, -0.25) is 0 Å². The van der Waals surface area contributed by atoms with Crippen LogP contribution in [-0.2, 0) is 0 Å². The number of hydrogen-bond donors (Lipinski definition) is 1. The predicted molar refractivity (Wildman–Crippen MR) is 67.9 cm³/mol. The third kappa shape index (κ3) is 2.52. The van der Waals surface area contributed by atoms with Crippen molar-refractivity contribution >= 4 is 23.7 Å². The van der Waals surface area contributed by atoms with E-state index in [0.717, 1.165) is 18.1 Å². The molecule has 2 rings (SSSR count). The van der Waals surface area contributed by atoms with Crippen molar-refractivity contribution in [2.75, 3.05) is 23.0 Å². The quantitative estimate of drug-likeness (QED) is 0.860.